The lowest BCUT2D eigenvalue weighted by atomic mass is 10.0. The average molecular weight is 239 g/mol. The molecule has 96 valence electrons. The second-order valence-corrected chi connectivity index (χ2v) is 4.86. The van der Waals surface area contributed by atoms with Gasteiger partial charge >= 0.3 is 0 Å². The lowest BCUT2D eigenvalue weighted by Gasteiger charge is -2.15. The van der Waals surface area contributed by atoms with Gasteiger partial charge in [0.05, 0.1) is 6.07 Å². The Hall–Kier alpha value is -1.57. The highest BCUT2D eigenvalue weighted by molar-refractivity contribution is 5.78. The van der Waals surface area contributed by atoms with E-state index in [2.05, 4.69) is 11.4 Å². The molecule has 3 N–H and O–H groups in total. The van der Waals surface area contributed by atoms with Crippen molar-refractivity contribution in [1.29, 1.82) is 5.26 Å². The first-order valence-electron chi connectivity index (χ1n) is 5.82. The zero-order valence-corrected chi connectivity index (χ0v) is 10.7. The molecule has 17 heavy (non-hydrogen) atoms. The highest BCUT2D eigenvalue weighted by Crippen LogP contribution is 2.08. The number of rotatable bonds is 7. The molecule has 0 spiro atoms. The van der Waals surface area contributed by atoms with Crippen molar-refractivity contribution in [2.45, 2.75) is 46.1 Å². The van der Waals surface area contributed by atoms with Crippen molar-refractivity contribution in [1.82, 2.24) is 5.32 Å². The molecule has 0 aliphatic heterocycles. The standard InChI is InChI=1S/C12H21N3O2/c1-8(2)4-10(7-13)15-12(17)6-9(3)5-11(14)16/h8-10H,4-6H2,1-3H3,(H2,14,16)(H,15,17). The number of hydrogen-bond acceptors (Lipinski definition) is 3. The van der Waals surface area contributed by atoms with Crippen LogP contribution in [0.25, 0.3) is 0 Å². The monoisotopic (exact) mass is 239 g/mol. The van der Waals surface area contributed by atoms with Gasteiger partial charge in [0.25, 0.3) is 0 Å². The van der Waals surface area contributed by atoms with Crippen LogP contribution in [0.15, 0.2) is 0 Å². The maximum atomic E-state index is 11.6. The van der Waals surface area contributed by atoms with Crippen molar-refractivity contribution < 1.29 is 9.59 Å². The molecule has 0 fully saturated rings. The van der Waals surface area contributed by atoms with Gasteiger partial charge < -0.3 is 11.1 Å². The molecule has 2 atom stereocenters. The van der Waals surface area contributed by atoms with Gasteiger partial charge in [-0.25, -0.2) is 0 Å². The lowest BCUT2D eigenvalue weighted by Crippen LogP contribution is -2.35. The Morgan fingerprint density at radius 2 is 1.88 bits per heavy atom. The van der Waals surface area contributed by atoms with Gasteiger partial charge in [-0.15, -0.1) is 0 Å². The average Bonchev–Trinajstić information content (AvgIpc) is 2.13. The third-order valence-electron chi connectivity index (χ3n) is 2.28. The fourth-order valence-electron chi connectivity index (χ4n) is 1.60. The number of nitriles is 1. The Morgan fingerprint density at radius 1 is 1.29 bits per heavy atom. The minimum Gasteiger partial charge on any atom is -0.370 e. The second-order valence-electron chi connectivity index (χ2n) is 4.86. The van der Waals surface area contributed by atoms with Crippen molar-refractivity contribution in [3.63, 3.8) is 0 Å². The van der Waals surface area contributed by atoms with Gasteiger partial charge in [0.1, 0.15) is 6.04 Å². The zero-order valence-electron chi connectivity index (χ0n) is 10.7. The summed E-state index contributed by atoms with van der Waals surface area (Å²) in [7, 11) is 0. The van der Waals surface area contributed by atoms with E-state index in [0.717, 1.165) is 0 Å². The summed E-state index contributed by atoms with van der Waals surface area (Å²) in [5, 5.41) is 11.5. The molecule has 0 aliphatic carbocycles. The molecule has 0 aromatic carbocycles. The SMILES string of the molecule is CC(C)CC(C#N)NC(=O)CC(C)CC(N)=O. The molecule has 5 heteroatoms. The molecule has 0 aliphatic rings. The Balaban J connectivity index is 4.07. The molecule has 2 amide bonds. The van der Waals surface area contributed by atoms with Crippen molar-refractivity contribution in [3.8, 4) is 6.07 Å². The molecular formula is C12H21N3O2. The van der Waals surface area contributed by atoms with E-state index >= 15 is 0 Å². The van der Waals surface area contributed by atoms with Crippen molar-refractivity contribution >= 4 is 11.8 Å². The number of primary amides is 1. The van der Waals surface area contributed by atoms with Crippen molar-refractivity contribution in [2.75, 3.05) is 0 Å². The largest absolute Gasteiger partial charge is 0.370 e. The van der Waals surface area contributed by atoms with Gasteiger partial charge in [0.2, 0.25) is 11.8 Å². The van der Waals surface area contributed by atoms with Gasteiger partial charge in [-0.1, -0.05) is 20.8 Å². The zero-order chi connectivity index (χ0) is 13.4. The van der Waals surface area contributed by atoms with Crippen LogP contribution in [0.3, 0.4) is 0 Å². The summed E-state index contributed by atoms with van der Waals surface area (Å²) in [6.45, 7) is 5.77. The molecule has 2 unspecified atom stereocenters. The van der Waals surface area contributed by atoms with Crippen molar-refractivity contribution in [2.24, 2.45) is 17.6 Å². The number of hydrogen-bond donors (Lipinski definition) is 2. The summed E-state index contributed by atoms with van der Waals surface area (Å²) < 4.78 is 0. The van der Waals surface area contributed by atoms with E-state index < -0.39 is 11.9 Å². The molecule has 0 bridgehead atoms. The molecule has 0 radical (unpaired) electrons. The summed E-state index contributed by atoms with van der Waals surface area (Å²) in [4.78, 5) is 22.2. The number of nitrogens with zero attached hydrogens (tertiary/aromatic N) is 1. The predicted octanol–water partition coefficient (Wildman–Crippen LogP) is 0.942. The lowest BCUT2D eigenvalue weighted by molar-refractivity contribution is -0.123. The van der Waals surface area contributed by atoms with E-state index in [-0.39, 0.29) is 24.7 Å². The van der Waals surface area contributed by atoms with E-state index in [4.69, 9.17) is 11.0 Å². The van der Waals surface area contributed by atoms with Crippen LogP contribution in [0, 0.1) is 23.2 Å². The van der Waals surface area contributed by atoms with E-state index in [9.17, 15) is 9.59 Å². The molecule has 5 nitrogen and oxygen atoms in total. The Labute approximate surface area is 102 Å². The summed E-state index contributed by atoms with van der Waals surface area (Å²) >= 11 is 0. The number of amides is 2. The normalized spacial score (nSPS) is 13.8. The summed E-state index contributed by atoms with van der Waals surface area (Å²) in [5.41, 5.74) is 5.04. The first kappa shape index (κ1) is 15.4. The van der Waals surface area contributed by atoms with Gasteiger partial charge in [-0.3, -0.25) is 9.59 Å². The molecule has 0 saturated carbocycles. The summed E-state index contributed by atoms with van der Waals surface area (Å²) in [5.74, 6) is -0.357. The van der Waals surface area contributed by atoms with Crippen LogP contribution >= 0.6 is 0 Å². The van der Waals surface area contributed by atoms with E-state index in [1.165, 1.54) is 0 Å². The quantitative estimate of drug-likeness (QED) is 0.692. The minimum atomic E-state index is -0.455. The Kier molecular flexibility index (Phi) is 6.95. The fourth-order valence-corrected chi connectivity index (χ4v) is 1.60. The fraction of sp³-hybridized carbons (Fsp3) is 0.750. The first-order chi connectivity index (χ1) is 7.85. The number of carbonyl (C=O) groups is 2. The van der Waals surface area contributed by atoms with Crippen LogP contribution in [0.1, 0.15) is 40.0 Å². The molecule has 0 saturated heterocycles. The minimum absolute atomic E-state index is 0.0918. The molecular weight excluding hydrogens is 218 g/mol. The van der Waals surface area contributed by atoms with Crippen LogP contribution < -0.4 is 11.1 Å². The van der Waals surface area contributed by atoms with Crippen molar-refractivity contribution in [3.05, 3.63) is 0 Å². The van der Waals surface area contributed by atoms with E-state index in [0.29, 0.717) is 12.3 Å². The maximum absolute atomic E-state index is 11.6. The number of nitrogens with one attached hydrogen (secondary N) is 1. The topological polar surface area (TPSA) is 96.0 Å². The molecule has 0 rings (SSSR count). The number of nitrogens with two attached hydrogens (primary N) is 1. The molecule has 0 aromatic heterocycles. The first-order valence-corrected chi connectivity index (χ1v) is 5.82. The summed E-state index contributed by atoms with van der Waals surface area (Å²) in [6.07, 6.45) is 1.04. The van der Waals surface area contributed by atoms with E-state index in [1.54, 1.807) is 6.92 Å². The summed E-state index contributed by atoms with van der Waals surface area (Å²) in [6, 6.07) is 1.60. The third kappa shape index (κ3) is 8.26. The predicted molar refractivity (Wildman–Crippen MR) is 64.6 cm³/mol. The second kappa shape index (κ2) is 7.66. The van der Waals surface area contributed by atoms with Crippen LogP contribution in [-0.4, -0.2) is 17.9 Å². The van der Waals surface area contributed by atoms with Crippen LogP contribution in [-0.2, 0) is 9.59 Å². The van der Waals surface area contributed by atoms with Gasteiger partial charge in [0.15, 0.2) is 0 Å². The third-order valence-corrected chi connectivity index (χ3v) is 2.28. The van der Waals surface area contributed by atoms with Gasteiger partial charge in [-0.05, 0) is 18.3 Å². The highest BCUT2D eigenvalue weighted by Gasteiger charge is 2.16. The number of carbonyl (C=O) groups excluding carboxylic acids is 2. The highest BCUT2D eigenvalue weighted by atomic mass is 16.2. The van der Waals surface area contributed by atoms with Crippen LogP contribution in [0.5, 0.6) is 0 Å². The smallest absolute Gasteiger partial charge is 0.221 e. The Morgan fingerprint density at radius 3 is 2.29 bits per heavy atom. The van der Waals surface area contributed by atoms with E-state index in [1.807, 2.05) is 13.8 Å². The molecule has 0 heterocycles. The Bertz CT molecular complexity index is 307. The van der Waals surface area contributed by atoms with Gasteiger partial charge in [-0.2, -0.15) is 5.26 Å². The van der Waals surface area contributed by atoms with Crippen LogP contribution in [0.4, 0.5) is 0 Å². The maximum Gasteiger partial charge on any atom is 0.221 e. The van der Waals surface area contributed by atoms with Crippen LogP contribution in [0.2, 0.25) is 0 Å². The molecule has 0 aromatic rings. The van der Waals surface area contributed by atoms with Gasteiger partial charge in [0, 0.05) is 12.8 Å².